The molecule has 0 saturated heterocycles. The number of methoxy groups -OCH3 is 2. The van der Waals surface area contributed by atoms with E-state index >= 15 is 0 Å². The second kappa shape index (κ2) is 11.8. The number of nitrogens with one attached hydrogen (secondary N) is 1. The molecule has 0 aromatic heterocycles. The Morgan fingerprint density at radius 3 is 2.06 bits per heavy atom. The highest BCUT2D eigenvalue weighted by Gasteiger charge is 2.42. The van der Waals surface area contributed by atoms with Crippen molar-refractivity contribution >= 4 is 24.9 Å². The average molecular weight is 512 g/mol. The number of halogens is 4. The van der Waals surface area contributed by atoms with Crippen LogP contribution in [0.15, 0.2) is 42.5 Å². The van der Waals surface area contributed by atoms with Crippen LogP contribution < -0.4 is 19.5 Å². The van der Waals surface area contributed by atoms with Crippen LogP contribution in [0.1, 0.15) is 25.2 Å². The molecule has 0 spiro atoms. The van der Waals surface area contributed by atoms with Gasteiger partial charge in [0.15, 0.2) is 5.78 Å². The van der Waals surface area contributed by atoms with Gasteiger partial charge in [-0.3, -0.25) is 4.57 Å². The zero-order chi connectivity index (χ0) is 24.6. The molecule has 0 aliphatic heterocycles. The van der Waals surface area contributed by atoms with Crippen LogP contribution in [0.2, 0.25) is 0 Å². The van der Waals surface area contributed by atoms with Gasteiger partial charge in [-0.15, -0.1) is 0 Å². The van der Waals surface area contributed by atoms with Crippen molar-refractivity contribution in [3.05, 3.63) is 48.0 Å². The number of rotatable bonds is 13. The summed E-state index contributed by atoms with van der Waals surface area (Å²) >= 11 is 4.81. The maximum Gasteiger partial charge on any atom is 0.444 e. The SMILES string of the molecule is CCOP(=O)(OCC)C(Nc1ccc(OC(F)(F)C(F)Cl)cc1)c1ccc(OC)cc1OC. The summed E-state index contributed by atoms with van der Waals surface area (Å²) < 4.78 is 79.3. The van der Waals surface area contributed by atoms with Crippen LogP contribution in [0.25, 0.3) is 0 Å². The first-order valence-electron chi connectivity index (χ1n) is 9.92. The summed E-state index contributed by atoms with van der Waals surface area (Å²) in [5.74, 6) is -0.457. The van der Waals surface area contributed by atoms with E-state index in [2.05, 4.69) is 10.1 Å². The maximum atomic E-state index is 13.7. The van der Waals surface area contributed by atoms with Crippen molar-refractivity contribution in [2.45, 2.75) is 31.4 Å². The van der Waals surface area contributed by atoms with Gasteiger partial charge in [-0.25, -0.2) is 4.39 Å². The highest BCUT2D eigenvalue weighted by Crippen LogP contribution is 2.62. The first-order valence-corrected chi connectivity index (χ1v) is 12.0. The summed E-state index contributed by atoms with van der Waals surface area (Å²) in [6, 6.07) is 10.1. The fraction of sp³-hybridized carbons (Fsp3) is 0.429. The molecule has 0 bridgehead atoms. The van der Waals surface area contributed by atoms with Crippen LogP contribution in [-0.2, 0) is 13.6 Å². The normalized spacial score (nSPS) is 13.8. The molecule has 1 N–H and O–H groups in total. The molecule has 0 aliphatic rings. The minimum Gasteiger partial charge on any atom is -0.497 e. The van der Waals surface area contributed by atoms with Crippen LogP contribution in [0, 0.1) is 0 Å². The third-order valence-electron chi connectivity index (χ3n) is 4.34. The number of benzene rings is 2. The van der Waals surface area contributed by atoms with Gasteiger partial charge in [-0.1, -0.05) is 11.6 Å². The van der Waals surface area contributed by atoms with E-state index < -0.39 is 25.1 Å². The predicted molar refractivity (Wildman–Crippen MR) is 120 cm³/mol. The van der Waals surface area contributed by atoms with E-state index in [-0.39, 0.29) is 19.0 Å². The molecule has 0 amide bonds. The van der Waals surface area contributed by atoms with Crippen molar-refractivity contribution in [3.8, 4) is 17.2 Å². The predicted octanol–water partition coefficient (Wildman–Crippen LogP) is 6.59. The Labute approximate surface area is 195 Å². The number of hydrogen-bond acceptors (Lipinski definition) is 7. The molecule has 33 heavy (non-hydrogen) atoms. The first-order chi connectivity index (χ1) is 15.6. The van der Waals surface area contributed by atoms with E-state index in [4.69, 9.17) is 30.1 Å². The zero-order valence-electron chi connectivity index (χ0n) is 18.5. The molecule has 2 unspecified atom stereocenters. The Bertz CT molecular complexity index is 938. The Morgan fingerprint density at radius 1 is 1.00 bits per heavy atom. The van der Waals surface area contributed by atoms with Gasteiger partial charge in [0.05, 0.1) is 27.4 Å². The fourth-order valence-electron chi connectivity index (χ4n) is 2.90. The van der Waals surface area contributed by atoms with Crippen molar-refractivity contribution in [2.24, 2.45) is 0 Å². The molecular formula is C21H26ClF3NO6P. The van der Waals surface area contributed by atoms with E-state index in [0.717, 1.165) is 0 Å². The summed E-state index contributed by atoms with van der Waals surface area (Å²) in [5.41, 5.74) is -2.18. The molecule has 2 aromatic carbocycles. The Kier molecular flexibility index (Phi) is 9.72. The van der Waals surface area contributed by atoms with Gasteiger partial charge >= 0.3 is 13.7 Å². The number of alkyl halides is 4. The van der Waals surface area contributed by atoms with Gasteiger partial charge in [0.1, 0.15) is 17.2 Å². The molecule has 2 atom stereocenters. The molecule has 12 heteroatoms. The minimum atomic E-state index is -4.20. The van der Waals surface area contributed by atoms with E-state index in [1.807, 2.05) is 0 Å². The van der Waals surface area contributed by atoms with Crippen LogP contribution in [-0.4, -0.2) is 39.2 Å². The van der Waals surface area contributed by atoms with Crippen molar-refractivity contribution in [3.63, 3.8) is 0 Å². The van der Waals surface area contributed by atoms with Gasteiger partial charge < -0.3 is 28.6 Å². The monoisotopic (exact) mass is 511 g/mol. The van der Waals surface area contributed by atoms with Crippen LogP contribution in [0.4, 0.5) is 18.9 Å². The molecular weight excluding hydrogens is 486 g/mol. The van der Waals surface area contributed by atoms with Crippen molar-refractivity contribution in [1.29, 1.82) is 0 Å². The molecule has 2 rings (SSSR count). The van der Waals surface area contributed by atoms with Crippen LogP contribution in [0.3, 0.4) is 0 Å². The Balaban J connectivity index is 2.44. The largest absolute Gasteiger partial charge is 0.497 e. The van der Waals surface area contributed by atoms with E-state index in [1.54, 1.807) is 32.0 Å². The van der Waals surface area contributed by atoms with Gasteiger partial charge in [0.25, 0.3) is 5.63 Å². The van der Waals surface area contributed by atoms with E-state index in [0.29, 0.717) is 22.7 Å². The Hall–Kier alpha value is -2.13. The number of ether oxygens (including phenoxy) is 3. The molecule has 0 fully saturated rings. The molecule has 2 aromatic rings. The Morgan fingerprint density at radius 2 is 1.58 bits per heavy atom. The molecule has 184 valence electrons. The summed E-state index contributed by atoms with van der Waals surface area (Å²) in [5, 5.41) is 3.05. The topological polar surface area (TPSA) is 75.3 Å². The first kappa shape index (κ1) is 27.1. The fourth-order valence-corrected chi connectivity index (χ4v) is 4.89. The van der Waals surface area contributed by atoms with Gasteiger partial charge in [-0.2, -0.15) is 8.78 Å². The summed E-state index contributed by atoms with van der Waals surface area (Å²) in [6.45, 7) is 3.57. The molecule has 0 saturated carbocycles. The average Bonchev–Trinajstić information content (AvgIpc) is 2.78. The highest BCUT2D eigenvalue weighted by atomic mass is 35.5. The van der Waals surface area contributed by atoms with Crippen molar-refractivity contribution in [2.75, 3.05) is 32.8 Å². The smallest absolute Gasteiger partial charge is 0.444 e. The third-order valence-corrected chi connectivity index (χ3v) is 6.87. The van der Waals surface area contributed by atoms with Gasteiger partial charge in [-0.05, 0) is 50.2 Å². The van der Waals surface area contributed by atoms with Gasteiger partial charge in [0.2, 0.25) is 0 Å². The lowest BCUT2D eigenvalue weighted by Gasteiger charge is -2.29. The third kappa shape index (κ3) is 6.93. The van der Waals surface area contributed by atoms with E-state index in [1.165, 1.54) is 38.5 Å². The highest BCUT2D eigenvalue weighted by molar-refractivity contribution is 7.54. The summed E-state index contributed by atoms with van der Waals surface area (Å²) in [7, 11) is -0.844. The molecule has 7 nitrogen and oxygen atoms in total. The zero-order valence-corrected chi connectivity index (χ0v) is 20.2. The van der Waals surface area contributed by atoms with E-state index in [9.17, 15) is 17.7 Å². The van der Waals surface area contributed by atoms with Crippen molar-refractivity contribution in [1.82, 2.24) is 0 Å². The lowest BCUT2D eigenvalue weighted by Crippen LogP contribution is -2.32. The van der Waals surface area contributed by atoms with Gasteiger partial charge in [0, 0.05) is 17.3 Å². The maximum absolute atomic E-state index is 13.7. The lowest BCUT2D eigenvalue weighted by molar-refractivity contribution is -0.199. The number of anilines is 1. The van der Waals surface area contributed by atoms with Crippen molar-refractivity contribution < 1.29 is 41.0 Å². The molecule has 0 heterocycles. The van der Waals surface area contributed by atoms with Crippen LogP contribution >= 0.6 is 19.2 Å². The summed E-state index contributed by atoms with van der Waals surface area (Å²) in [4.78, 5) is 0. The minimum absolute atomic E-state index is 0.110. The second-order valence-electron chi connectivity index (χ2n) is 6.52. The summed E-state index contributed by atoms with van der Waals surface area (Å²) in [6.07, 6.45) is -4.20. The number of hydrogen-bond donors (Lipinski definition) is 1. The second-order valence-corrected chi connectivity index (χ2v) is 9.01. The molecule has 0 radical (unpaired) electrons. The molecule has 0 aliphatic carbocycles. The standard InChI is InChI=1S/C21H26ClF3NO6P/c1-5-30-33(27,31-6-2)19(17-12-11-16(28-3)13-18(17)29-4)26-14-7-9-15(10-8-14)32-21(24,25)20(22)23/h7-13,19-20,26H,5-6H2,1-4H3. The quantitative estimate of drug-likeness (QED) is 0.240. The lowest BCUT2D eigenvalue weighted by atomic mass is 10.1. The van der Waals surface area contributed by atoms with Crippen LogP contribution in [0.5, 0.6) is 17.2 Å².